The Morgan fingerprint density at radius 1 is 1.30 bits per heavy atom. The molecule has 0 fully saturated rings. The number of pyridine rings is 1. The van der Waals surface area contributed by atoms with Crippen molar-refractivity contribution in [2.24, 2.45) is 4.99 Å². The van der Waals surface area contributed by atoms with Gasteiger partial charge in [-0.25, -0.2) is 4.98 Å². The highest BCUT2D eigenvalue weighted by molar-refractivity contribution is 6.31. The molecule has 0 saturated heterocycles. The van der Waals surface area contributed by atoms with Gasteiger partial charge in [-0.2, -0.15) is 0 Å². The van der Waals surface area contributed by atoms with Crippen LogP contribution in [0.25, 0.3) is 5.65 Å². The van der Waals surface area contributed by atoms with Crippen LogP contribution in [0.5, 0.6) is 0 Å². The molecule has 3 heterocycles. The summed E-state index contributed by atoms with van der Waals surface area (Å²) in [6.07, 6.45) is 2.61. The Bertz CT molecular complexity index is 920. The van der Waals surface area contributed by atoms with Gasteiger partial charge in [-0.3, -0.25) is 14.3 Å². The lowest BCUT2D eigenvalue weighted by molar-refractivity contribution is 0.163. The van der Waals surface area contributed by atoms with Crippen LogP contribution >= 0.6 is 11.6 Å². The molecule has 4 rings (SSSR count). The molecule has 23 heavy (non-hydrogen) atoms. The normalized spacial score (nSPS) is 19.0. The number of aliphatic hydroxyl groups is 1. The van der Waals surface area contributed by atoms with Crippen molar-refractivity contribution in [3.63, 3.8) is 0 Å². The average Bonchev–Trinajstić information content (AvgIpc) is 3.03. The lowest BCUT2D eigenvalue weighted by Crippen LogP contribution is -2.51. The fourth-order valence-corrected chi connectivity index (χ4v) is 3.03. The van der Waals surface area contributed by atoms with Gasteiger partial charge in [-0.15, -0.1) is 0 Å². The van der Waals surface area contributed by atoms with Crippen LogP contribution in [-0.4, -0.2) is 33.7 Å². The maximum atomic E-state index is 10.6. The second-order valence-corrected chi connectivity index (χ2v) is 5.60. The number of aliphatic hydroxyl groups excluding tert-OH is 1. The summed E-state index contributed by atoms with van der Waals surface area (Å²) in [5.41, 5.74) is 2.46. The monoisotopic (exact) mass is 327 g/mol. The fourth-order valence-electron chi connectivity index (χ4n) is 2.86. The molecule has 1 unspecified atom stereocenters. The zero-order valence-electron chi connectivity index (χ0n) is 12.3. The molecule has 3 aromatic rings. The largest absolute Gasteiger partial charge is 0.356 e. The van der Waals surface area contributed by atoms with E-state index in [-0.39, 0.29) is 0 Å². The van der Waals surface area contributed by atoms with E-state index in [1.807, 2.05) is 40.9 Å². The first-order valence-corrected chi connectivity index (χ1v) is 7.49. The molecular weight excluding hydrogens is 314 g/mol. The van der Waals surface area contributed by atoms with Gasteiger partial charge in [0.15, 0.2) is 0 Å². The van der Waals surface area contributed by atoms with E-state index in [4.69, 9.17) is 11.6 Å². The summed E-state index contributed by atoms with van der Waals surface area (Å²) in [6, 6.07) is 11.2. The number of imidazole rings is 1. The molecule has 0 saturated carbocycles. The number of aromatic nitrogens is 2. The number of nitrogens with one attached hydrogen (secondary N) is 1. The van der Waals surface area contributed by atoms with E-state index in [0.717, 1.165) is 22.7 Å². The topological polar surface area (TPSA) is 65.2 Å². The highest BCUT2D eigenvalue weighted by atomic mass is 35.5. The minimum atomic E-state index is -0.965. The predicted molar refractivity (Wildman–Crippen MR) is 90.4 cm³/mol. The molecule has 0 bridgehead atoms. The second kappa shape index (κ2) is 5.26. The third-order valence-electron chi connectivity index (χ3n) is 3.86. The lowest BCUT2D eigenvalue weighted by atomic mass is 10.1. The molecule has 1 aliphatic heterocycles. The molecule has 0 radical (unpaired) electrons. The number of hydrogen-bond acceptors (Lipinski definition) is 4. The maximum absolute atomic E-state index is 10.6. The Morgan fingerprint density at radius 2 is 2.17 bits per heavy atom. The molecule has 0 aliphatic carbocycles. The number of nitrogens with zero attached hydrogens (tertiary/aromatic N) is 4. The zero-order valence-corrected chi connectivity index (χ0v) is 13.1. The summed E-state index contributed by atoms with van der Waals surface area (Å²) in [5.74, 6) is 1.40. The molecule has 0 spiro atoms. The van der Waals surface area contributed by atoms with Gasteiger partial charge >= 0.3 is 0 Å². The van der Waals surface area contributed by atoms with Crippen LogP contribution in [0.2, 0.25) is 5.02 Å². The second-order valence-electron chi connectivity index (χ2n) is 5.16. The summed E-state index contributed by atoms with van der Waals surface area (Å²) in [6.45, 7) is 0. The number of hydrogen-bond donors (Lipinski definition) is 2. The summed E-state index contributed by atoms with van der Waals surface area (Å²) in [4.78, 5) is 10.3. The van der Waals surface area contributed by atoms with Crippen molar-refractivity contribution in [1.82, 2.24) is 14.7 Å². The van der Waals surface area contributed by atoms with Crippen molar-refractivity contribution in [3.8, 4) is 0 Å². The summed E-state index contributed by atoms with van der Waals surface area (Å²) < 4.78 is 1.91. The maximum Gasteiger partial charge on any atom is 0.211 e. The van der Waals surface area contributed by atoms with Crippen molar-refractivity contribution in [3.05, 3.63) is 59.4 Å². The Labute approximate surface area is 137 Å². The first-order valence-electron chi connectivity index (χ1n) is 7.11. The Kier molecular flexibility index (Phi) is 3.21. The molecule has 1 atom stereocenters. The van der Waals surface area contributed by atoms with Crippen LogP contribution < -0.4 is 10.2 Å². The van der Waals surface area contributed by atoms with Gasteiger partial charge in [-0.05, 0) is 30.3 Å². The van der Waals surface area contributed by atoms with Crippen molar-refractivity contribution in [2.75, 3.05) is 11.9 Å². The van der Waals surface area contributed by atoms with Gasteiger partial charge in [0.25, 0.3) is 0 Å². The predicted octanol–water partition coefficient (Wildman–Crippen LogP) is 2.38. The van der Waals surface area contributed by atoms with Crippen LogP contribution in [0.15, 0.2) is 53.8 Å². The smallest absolute Gasteiger partial charge is 0.211 e. The van der Waals surface area contributed by atoms with Crippen LogP contribution in [0.3, 0.4) is 0 Å². The third-order valence-corrected chi connectivity index (χ3v) is 4.10. The molecule has 6 nitrogen and oxygen atoms in total. The molecule has 2 aromatic heterocycles. The number of fused-ring (bicyclic) bond motifs is 2. The first-order chi connectivity index (χ1) is 11.2. The van der Waals surface area contributed by atoms with Gasteiger partial charge < -0.3 is 10.4 Å². The lowest BCUT2D eigenvalue weighted by Gasteiger charge is -2.37. The standard InChI is InChI=1S/C16H14ClN5O/c1-18-15-11-6-5-10(17)9-12(11)22(16(23)20-15)14-4-2-3-13-19-7-8-21(13)14/h2-9,16,23H,1H3,(H,18,20). The molecule has 2 N–H and O–H groups in total. The Balaban J connectivity index is 1.98. The zero-order chi connectivity index (χ0) is 16.0. The molecule has 0 amide bonds. The Hall–Kier alpha value is -2.57. The van der Waals surface area contributed by atoms with Crippen LogP contribution in [0, 0.1) is 0 Å². The van der Waals surface area contributed by atoms with Gasteiger partial charge in [0, 0.05) is 30.0 Å². The van der Waals surface area contributed by atoms with Crippen LogP contribution in [-0.2, 0) is 0 Å². The summed E-state index contributed by atoms with van der Waals surface area (Å²) in [7, 11) is 1.68. The molecular formula is C16H14ClN5O. The number of benzene rings is 1. The van der Waals surface area contributed by atoms with E-state index < -0.39 is 6.35 Å². The van der Waals surface area contributed by atoms with Gasteiger partial charge in [0.05, 0.1) is 5.69 Å². The average molecular weight is 328 g/mol. The van der Waals surface area contributed by atoms with Crippen molar-refractivity contribution >= 4 is 34.6 Å². The van der Waals surface area contributed by atoms with E-state index in [1.165, 1.54) is 0 Å². The first kappa shape index (κ1) is 14.0. The van der Waals surface area contributed by atoms with Crippen molar-refractivity contribution in [1.29, 1.82) is 0 Å². The van der Waals surface area contributed by atoms with Crippen molar-refractivity contribution in [2.45, 2.75) is 6.35 Å². The van der Waals surface area contributed by atoms with Crippen LogP contribution in [0.4, 0.5) is 11.5 Å². The van der Waals surface area contributed by atoms with Gasteiger partial charge in [-0.1, -0.05) is 17.7 Å². The Morgan fingerprint density at radius 3 is 3.00 bits per heavy atom. The van der Waals surface area contributed by atoms with E-state index in [9.17, 15) is 5.11 Å². The summed E-state index contributed by atoms with van der Waals surface area (Å²) in [5, 5.41) is 14.2. The van der Waals surface area contributed by atoms with Gasteiger partial charge in [0.2, 0.25) is 6.35 Å². The molecule has 1 aromatic carbocycles. The highest BCUT2D eigenvalue weighted by Crippen LogP contribution is 2.35. The summed E-state index contributed by atoms with van der Waals surface area (Å²) >= 11 is 6.18. The minimum absolute atomic E-state index is 0.594. The highest BCUT2D eigenvalue weighted by Gasteiger charge is 2.30. The fraction of sp³-hybridized carbons (Fsp3) is 0.125. The third kappa shape index (κ3) is 2.15. The van der Waals surface area contributed by atoms with Crippen LogP contribution in [0.1, 0.15) is 5.56 Å². The number of halogens is 1. The molecule has 7 heteroatoms. The number of aliphatic imine (C=N–C) groups is 1. The number of amidine groups is 1. The van der Waals surface area contributed by atoms with E-state index in [1.54, 1.807) is 24.2 Å². The molecule has 1 aliphatic rings. The van der Waals surface area contributed by atoms with E-state index >= 15 is 0 Å². The van der Waals surface area contributed by atoms with E-state index in [2.05, 4.69) is 15.3 Å². The van der Waals surface area contributed by atoms with Gasteiger partial charge in [0.1, 0.15) is 17.3 Å². The molecule has 116 valence electrons. The van der Waals surface area contributed by atoms with Crippen molar-refractivity contribution < 1.29 is 5.11 Å². The number of anilines is 2. The van der Waals surface area contributed by atoms with E-state index in [0.29, 0.717) is 10.9 Å². The minimum Gasteiger partial charge on any atom is -0.356 e. The number of rotatable bonds is 1. The SMILES string of the molecule is CN=C1NC(O)N(c2cccc3nccn23)c2cc(Cl)ccc21. The quantitative estimate of drug-likeness (QED) is 0.720.